The molecule has 0 aliphatic rings. The molecule has 0 aliphatic heterocycles. The van der Waals surface area contributed by atoms with Gasteiger partial charge < -0.3 is 19.4 Å². The van der Waals surface area contributed by atoms with Crippen LogP contribution in [0.3, 0.4) is 0 Å². The zero-order valence-electron chi connectivity index (χ0n) is 16.9. The number of hydrogen-bond acceptors (Lipinski definition) is 7. The largest absolute Gasteiger partial charge is 0.468 e. The van der Waals surface area contributed by atoms with Gasteiger partial charge in [0.2, 0.25) is 5.91 Å². The molecule has 0 saturated heterocycles. The summed E-state index contributed by atoms with van der Waals surface area (Å²) < 4.78 is 11.5. The summed E-state index contributed by atoms with van der Waals surface area (Å²) in [4.78, 5) is 40.3. The van der Waals surface area contributed by atoms with Crippen LogP contribution in [0.2, 0.25) is 0 Å². The summed E-state index contributed by atoms with van der Waals surface area (Å²) in [6.45, 7) is 5.12. The van der Waals surface area contributed by atoms with Gasteiger partial charge in [-0.3, -0.25) is 9.59 Å². The van der Waals surface area contributed by atoms with Crippen molar-refractivity contribution in [1.82, 2.24) is 14.9 Å². The molecule has 0 bridgehead atoms. The van der Waals surface area contributed by atoms with Crippen LogP contribution in [0.25, 0.3) is 0 Å². The van der Waals surface area contributed by atoms with Gasteiger partial charge in [-0.2, -0.15) is 0 Å². The zero-order valence-corrected chi connectivity index (χ0v) is 17.7. The summed E-state index contributed by atoms with van der Waals surface area (Å²) in [5.41, 5.74) is 0.344. The summed E-state index contributed by atoms with van der Waals surface area (Å²) in [5, 5.41) is 2.51. The Bertz CT molecular complexity index is 845. The minimum Gasteiger partial charge on any atom is -0.468 e. The fourth-order valence-corrected chi connectivity index (χ4v) is 3.15. The number of carbonyl (C=O) groups is 3. The number of amides is 1. The minimum absolute atomic E-state index is 0.227. The highest BCUT2D eigenvalue weighted by Gasteiger charge is 2.23. The second-order valence-electron chi connectivity index (χ2n) is 7.23. The van der Waals surface area contributed by atoms with Crippen molar-refractivity contribution < 1.29 is 23.9 Å². The van der Waals surface area contributed by atoms with Crippen molar-refractivity contribution in [1.29, 1.82) is 0 Å². The SMILES string of the molecule is COC(=O)CNC(=O)[C@H](Cc1ccccc1)n1cnc(SC(=O)OC(C)(C)C)c1. The Morgan fingerprint density at radius 1 is 1.21 bits per heavy atom. The lowest BCUT2D eigenvalue weighted by atomic mass is 10.1. The molecule has 2 aromatic rings. The molecule has 1 heterocycles. The van der Waals surface area contributed by atoms with E-state index in [4.69, 9.17) is 4.74 Å². The maximum atomic E-state index is 12.7. The van der Waals surface area contributed by atoms with Gasteiger partial charge in [0.15, 0.2) is 0 Å². The van der Waals surface area contributed by atoms with Gasteiger partial charge in [-0.1, -0.05) is 30.3 Å². The van der Waals surface area contributed by atoms with E-state index in [1.165, 1.54) is 13.4 Å². The van der Waals surface area contributed by atoms with Crippen molar-refractivity contribution in [2.45, 2.75) is 43.9 Å². The number of imidazole rings is 1. The van der Waals surface area contributed by atoms with Crippen LogP contribution < -0.4 is 5.32 Å². The Hall–Kier alpha value is -2.81. The normalized spacial score (nSPS) is 12.1. The average molecular weight is 420 g/mol. The number of rotatable bonds is 7. The molecule has 9 heteroatoms. The molecule has 1 amide bonds. The number of thioether (sulfide) groups is 1. The maximum Gasteiger partial charge on any atom is 0.374 e. The molecular weight excluding hydrogens is 394 g/mol. The zero-order chi connectivity index (χ0) is 21.4. The molecule has 0 spiro atoms. The summed E-state index contributed by atoms with van der Waals surface area (Å²) in [7, 11) is 1.26. The Labute approximate surface area is 174 Å². The Morgan fingerprint density at radius 3 is 2.52 bits per heavy atom. The van der Waals surface area contributed by atoms with Crippen molar-refractivity contribution in [2.24, 2.45) is 0 Å². The highest BCUT2D eigenvalue weighted by molar-refractivity contribution is 8.13. The minimum atomic E-state index is -0.650. The lowest BCUT2D eigenvalue weighted by Crippen LogP contribution is -2.37. The van der Waals surface area contributed by atoms with Crippen molar-refractivity contribution in [2.75, 3.05) is 13.7 Å². The van der Waals surface area contributed by atoms with Crippen LogP contribution in [0, 0.1) is 0 Å². The van der Waals surface area contributed by atoms with Crippen LogP contribution in [0.15, 0.2) is 47.9 Å². The smallest absolute Gasteiger partial charge is 0.374 e. The third-order valence-electron chi connectivity index (χ3n) is 3.72. The number of benzene rings is 1. The standard InChI is InChI=1S/C20H25N3O5S/c1-20(2,3)28-19(26)29-16-12-23(13-22-16)15(10-14-8-6-5-7-9-14)18(25)21-11-17(24)27-4/h5-9,12-13,15H,10-11H2,1-4H3,(H,21,25)/t15-/m0/s1. The van der Waals surface area contributed by atoms with Gasteiger partial charge in [0, 0.05) is 24.4 Å². The number of methoxy groups -OCH3 is 1. The molecule has 0 radical (unpaired) electrons. The molecule has 0 fully saturated rings. The quantitative estimate of drug-likeness (QED) is 0.544. The second-order valence-corrected chi connectivity index (χ2v) is 8.18. The molecule has 2 rings (SSSR count). The number of nitrogens with zero attached hydrogens (tertiary/aromatic N) is 2. The molecule has 1 aromatic carbocycles. The summed E-state index contributed by atoms with van der Waals surface area (Å²) in [6.07, 6.45) is 3.48. The van der Waals surface area contributed by atoms with Crippen molar-refractivity contribution in [3.05, 3.63) is 48.4 Å². The van der Waals surface area contributed by atoms with E-state index in [9.17, 15) is 14.4 Å². The molecule has 0 saturated carbocycles. The number of esters is 1. The summed E-state index contributed by atoms with van der Waals surface area (Å²) in [5.74, 6) is -0.894. The third-order valence-corrected chi connectivity index (χ3v) is 4.39. The first-order chi connectivity index (χ1) is 13.7. The van der Waals surface area contributed by atoms with Gasteiger partial charge in [0.25, 0.3) is 0 Å². The van der Waals surface area contributed by atoms with Crippen LogP contribution in [0.1, 0.15) is 32.4 Å². The highest BCUT2D eigenvalue weighted by Crippen LogP contribution is 2.24. The average Bonchev–Trinajstić information content (AvgIpc) is 3.11. The maximum absolute atomic E-state index is 12.7. The Balaban J connectivity index is 2.15. The number of hydrogen-bond donors (Lipinski definition) is 1. The number of aromatic nitrogens is 2. The second kappa shape index (κ2) is 10.1. The molecule has 0 unspecified atom stereocenters. The van der Waals surface area contributed by atoms with E-state index in [1.807, 2.05) is 30.3 Å². The first-order valence-corrected chi connectivity index (χ1v) is 9.82. The predicted octanol–water partition coefficient (Wildman–Crippen LogP) is 2.98. The van der Waals surface area contributed by atoms with Crippen LogP contribution in [-0.4, -0.2) is 46.0 Å². The molecule has 1 aromatic heterocycles. The van der Waals surface area contributed by atoms with E-state index in [0.29, 0.717) is 11.4 Å². The van der Waals surface area contributed by atoms with E-state index < -0.39 is 22.9 Å². The number of carbonyl (C=O) groups excluding carboxylic acids is 3. The van der Waals surface area contributed by atoms with Crippen LogP contribution in [0.5, 0.6) is 0 Å². The van der Waals surface area contributed by atoms with Crippen molar-refractivity contribution in [3.8, 4) is 0 Å². The van der Waals surface area contributed by atoms with E-state index in [1.54, 1.807) is 31.5 Å². The van der Waals surface area contributed by atoms with Gasteiger partial charge >= 0.3 is 11.3 Å². The Kier molecular flexibility index (Phi) is 7.83. The molecule has 29 heavy (non-hydrogen) atoms. The van der Waals surface area contributed by atoms with Gasteiger partial charge in [-0.25, -0.2) is 9.78 Å². The topological polar surface area (TPSA) is 99.5 Å². The number of nitrogens with one attached hydrogen (secondary N) is 1. The van der Waals surface area contributed by atoms with E-state index in [2.05, 4.69) is 15.0 Å². The fraction of sp³-hybridized carbons (Fsp3) is 0.400. The molecular formula is C20H25N3O5S. The lowest BCUT2D eigenvalue weighted by molar-refractivity contribution is -0.141. The van der Waals surface area contributed by atoms with Crippen molar-refractivity contribution in [3.63, 3.8) is 0 Å². The molecule has 1 N–H and O–H groups in total. The van der Waals surface area contributed by atoms with Gasteiger partial charge in [0.05, 0.1) is 13.4 Å². The van der Waals surface area contributed by atoms with Gasteiger partial charge in [-0.15, -0.1) is 0 Å². The Morgan fingerprint density at radius 2 is 1.90 bits per heavy atom. The summed E-state index contributed by atoms with van der Waals surface area (Å²) in [6, 6.07) is 8.83. The molecule has 156 valence electrons. The first-order valence-electron chi connectivity index (χ1n) is 9.00. The van der Waals surface area contributed by atoms with Crippen molar-refractivity contribution >= 4 is 28.9 Å². The monoisotopic (exact) mass is 419 g/mol. The van der Waals surface area contributed by atoms with E-state index in [-0.39, 0.29) is 12.5 Å². The van der Waals surface area contributed by atoms with Gasteiger partial charge in [-0.05, 0) is 26.3 Å². The fourth-order valence-electron chi connectivity index (χ4n) is 2.42. The lowest BCUT2D eigenvalue weighted by Gasteiger charge is -2.18. The highest BCUT2D eigenvalue weighted by atomic mass is 32.2. The van der Waals surface area contributed by atoms with E-state index in [0.717, 1.165) is 17.3 Å². The van der Waals surface area contributed by atoms with Crippen LogP contribution in [-0.2, 0) is 25.5 Å². The third kappa shape index (κ3) is 7.61. The molecule has 0 aliphatic carbocycles. The summed E-state index contributed by atoms with van der Waals surface area (Å²) >= 11 is 0.850. The van der Waals surface area contributed by atoms with Crippen LogP contribution in [0.4, 0.5) is 4.79 Å². The van der Waals surface area contributed by atoms with Crippen LogP contribution >= 0.6 is 11.8 Å². The number of ether oxygens (including phenoxy) is 2. The molecule has 1 atom stereocenters. The molecule has 8 nitrogen and oxygen atoms in total. The predicted molar refractivity (Wildman–Crippen MR) is 109 cm³/mol. The first kappa shape index (κ1) is 22.5. The van der Waals surface area contributed by atoms with E-state index >= 15 is 0 Å². The van der Waals surface area contributed by atoms with Gasteiger partial charge in [0.1, 0.15) is 23.2 Å².